The highest BCUT2D eigenvalue weighted by molar-refractivity contribution is 6.84. The second-order valence-electron chi connectivity index (χ2n) is 12.3. The van der Waals surface area contributed by atoms with E-state index in [-0.39, 0.29) is 0 Å². The second-order valence-corrected chi connectivity index (χ2v) is 30.3. The highest BCUT2D eigenvalue weighted by Gasteiger charge is 2.32. The normalized spacial score (nSPS) is 15.9. The summed E-state index contributed by atoms with van der Waals surface area (Å²) in [6.45, 7) is 31.6. The molecule has 0 aliphatic heterocycles. The van der Waals surface area contributed by atoms with Crippen LogP contribution in [0.15, 0.2) is 0 Å². The third-order valence-corrected chi connectivity index (χ3v) is 17.1. The predicted octanol–water partition coefficient (Wildman–Crippen LogP) is 6.42. The quantitative estimate of drug-likeness (QED) is 0.157. The van der Waals surface area contributed by atoms with Gasteiger partial charge in [0.25, 0.3) is 0 Å². The van der Waals surface area contributed by atoms with Crippen LogP contribution >= 0.6 is 0 Å². The van der Waals surface area contributed by atoms with Gasteiger partial charge in [-0.05, 0) is 89.4 Å². The standard InChI is InChI=1S/C22H54O5Si4/c1-21(19-30(9,10)26-28(3,4)5)17-24-15-13-23-14-16-25-18-22(2)20-31(11,12)27-29(6,7)8/h21-22H,13-20H2,1-12H3. The van der Waals surface area contributed by atoms with Crippen molar-refractivity contribution in [3.8, 4) is 0 Å². The first-order valence-electron chi connectivity index (χ1n) is 12.0. The van der Waals surface area contributed by atoms with Gasteiger partial charge in [0.15, 0.2) is 33.3 Å². The minimum atomic E-state index is -1.60. The molecule has 0 radical (unpaired) electrons. The molecule has 9 heteroatoms. The van der Waals surface area contributed by atoms with E-state index in [1.54, 1.807) is 0 Å². The summed E-state index contributed by atoms with van der Waals surface area (Å²) in [5.74, 6) is 1.06. The van der Waals surface area contributed by atoms with Crippen molar-refractivity contribution in [1.82, 2.24) is 0 Å². The Bertz CT molecular complexity index is 434. The first-order chi connectivity index (χ1) is 13.9. The molecule has 2 unspecified atom stereocenters. The van der Waals surface area contributed by atoms with E-state index >= 15 is 0 Å². The summed E-state index contributed by atoms with van der Waals surface area (Å²) >= 11 is 0. The van der Waals surface area contributed by atoms with Gasteiger partial charge in [0.2, 0.25) is 0 Å². The van der Waals surface area contributed by atoms with Crippen molar-refractivity contribution >= 4 is 33.3 Å². The summed E-state index contributed by atoms with van der Waals surface area (Å²) in [6.07, 6.45) is 0. The summed E-state index contributed by atoms with van der Waals surface area (Å²) < 4.78 is 30.1. The van der Waals surface area contributed by atoms with E-state index in [0.717, 1.165) is 25.3 Å². The number of hydrogen-bond acceptors (Lipinski definition) is 5. The molecule has 5 nitrogen and oxygen atoms in total. The lowest BCUT2D eigenvalue weighted by molar-refractivity contribution is 0.00493. The Balaban J connectivity index is 3.76. The molecule has 0 aromatic heterocycles. The molecule has 0 saturated heterocycles. The first-order valence-corrected chi connectivity index (χ1v) is 25.1. The fourth-order valence-corrected chi connectivity index (χ4v) is 22.0. The molecule has 2 atom stereocenters. The van der Waals surface area contributed by atoms with Gasteiger partial charge in [-0.2, -0.15) is 0 Å². The molecule has 0 aliphatic rings. The third-order valence-electron chi connectivity index (χ3n) is 4.39. The van der Waals surface area contributed by atoms with Crippen LogP contribution in [0, 0.1) is 11.8 Å². The van der Waals surface area contributed by atoms with E-state index in [2.05, 4.69) is 79.3 Å². The van der Waals surface area contributed by atoms with Crippen LogP contribution in [0.3, 0.4) is 0 Å². The van der Waals surface area contributed by atoms with Gasteiger partial charge in [0, 0.05) is 13.2 Å². The summed E-state index contributed by atoms with van der Waals surface area (Å²) in [5.41, 5.74) is 0. The van der Waals surface area contributed by atoms with E-state index in [9.17, 15) is 0 Å². The molecular weight excluding hydrogens is 457 g/mol. The van der Waals surface area contributed by atoms with Gasteiger partial charge in [-0.15, -0.1) is 0 Å². The van der Waals surface area contributed by atoms with Crippen LogP contribution in [0.25, 0.3) is 0 Å². The molecule has 0 bridgehead atoms. The van der Waals surface area contributed by atoms with Crippen molar-refractivity contribution in [1.29, 1.82) is 0 Å². The van der Waals surface area contributed by atoms with Gasteiger partial charge < -0.3 is 22.4 Å². The Morgan fingerprint density at radius 1 is 0.484 bits per heavy atom. The highest BCUT2D eigenvalue weighted by Crippen LogP contribution is 2.23. The van der Waals surface area contributed by atoms with E-state index < -0.39 is 33.3 Å². The molecule has 0 heterocycles. The molecule has 0 fully saturated rings. The maximum absolute atomic E-state index is 6.42. The van der Waals surface area contributed by atoms with Crippen molar-refractivity contribution in [3.05, 3.63) is 0 Å². The average Bonchev–Trinajstić information content (AvgIpc) is 2.46. The van der Waals surface area contributed by atoms with Crippen molar-refractivity contribution < 1.29 is 22.4 Å². The fourth-order valence-electron chi connectivity index (χ4n) is 4.44. The Morgan fingerprint density at radius 2 is 0.774 bits per heavy atom. The first kappa shape index (κ1) is 31.7. The molecule has 188 valence electrons. The van der Waals surface area contributed by atoms with Crippen LogP contribution in [0.1, 0.15) is 13.8 Å². The molecule has 0 saturated carbocycles. The third kappa shape index (κ3) is 21.0. The molecule has 0 amide bonds. The zero-order valence-corrected chi connectivity index (χ0v) is 26.9. The Hall–Kier alpha value is 0.668. The highest BCUT2D eigenvalue weighted by atomic mass is 28.4. The SMILES string of the molecule is CC(COCCOCCOCC(C)C[Si](C)(C)O[Si](C)(C)C)C[Si](C)(C)O[Si](C)(C)C. The summed E-state index contributed by atoms with van der Waals surface area (Å²) in [5, 5.41) is 0. The molecule has 0 aromatic rings. The van der Waals surface area contributed by atoms with Gasteiger partial charge in [0.05, 0.1) is 26.4 Å². The van der Waals surface area contributed by atoms with Crippen LogP contribution in [0.2, 0.25) is 77.6 Å². The maximum Gasteiger partial charge on any atom is 0.173 e. The van der Waals surface area contributed by atoms with Crippen molar-refractivity contribution in [2.24, 2.45) is 11.8 Å². The molecule has 0 N–H and O–H groups in total. The second kappa shape index (κ2) is 14.2. The van der Waals surface area contributed by atoms with Crippen LogP contribution < -0.4 is 0 Å². The van der Waals surface area contributed by atoms with Crippen LogP contribution in [0.4, 0.5) is 0 Å². The molecule has 0 aliphatic carbocycles. The molecule has 0 spiro atoms. The molecular formula is C22H54O5Si4. The molecule has 0 rings (SSSR count). The van der Waals surface area contributed by atoms with Crippen molar-refractivity contribution in [2.75, 3.05) is 39.6 Å². The Labute approximate surface area is 198 Å². The van der Waals surface area contributed by atoms with Gasteiger partial charge in [-0.3, -0.25) is 0 Å². The van der Waals surface area contributed by atoms with Gasteiger partial charge in [-0.25, -0.2) is 0 Å². The monoisotopic (exact) mass is 510 g/mol. The van der Waals surface area contributed by atoms with E-state index in [1.165, 1.54) is 0 Å². The lowest BCUT2D eigenvalue weighted by atomic mass is 10.2. The largest absolute Gasteiger partial charge is 0.456 e. The Morgan fingerprint density at radius 3 is 1.06 bits per heavy atom. The van der Waals surface area contributed by atoms with Gasteiger partial charge >= 0.3 is 0 Å². The summed E-state index contributed by atoms with van der Waals surface area (Å²) in [6, 6.07) is 2.29. The average molecular weight is 511 g/mol. The van der Waals surface area contributed by atoms with Gasteiger partial charge in [0.1, 0.15) is 0 Å². The lowest BCUT2D eigenvalue weighted by Gasteiger charge is -2.33. The van der Waals surface area contributed by atoms with Crippen LogP contribution in [-0.2, 0) is 22.4 Å². The van der Waals surface area contributed by atoms with Crippen LogP contribution in [-0.4, -0.2) is 72.9 Å². The summed E-state index contributed by atoms with van der Waals surface area (Å²) in [4.78, 5) is 0. The van der Waals surface area contributed by atoms with Crippen LogP contribution in [0.5, 0.6) is 0 Å². The Kier molecular flexibility index (Phi) is 14.5. The van der Waals surface area contributed by atoms with Crippen molar-refractivity contribution in [3.63, 3.8) is 0 Å². The molecule has 31 heavy (non-hydrogen) atoms. The lowest BCUT2D eigenvalue weighted by Crippen LogP contribution is -2.43. The minimum absolute atomic E-state index is 0.528. The predicted molar refractivity (Wildman–Crippen MR) is 144 cm³/mol. The molecule has 0 aromatic carbocycles. The number of ether oxygens (including phenoxy) is 3. The smallest absolute Gasteiger partial charge is 0.173 e. The fraction of sp³-hybridized carbons (Fsp3) is 1.00. The summed E-state index contributed by atoms with van der Waals surface area (Å²) in [7, 11) is -6.12. The maximum atomic E-state index is 6.42. The van der Waals surface area contributed by atoms with Crippen molar-refractivity contribution in [2.45, 2.75) is 91.4 Å². The number of hydrogen-bond donors (Lipinski definition) is 0. The topological polar surface area (TPSA) is 46.2 Å². The number of rotatable bonds is 18. The zero-order valence-electron chi connectivity index (χ0n) is 22.9. The van der Waals surface area contributed by atoms with E-state index in [1.807, 2.05) is 0 Å². The zero-order chi connectivity index (χ0) is 24.3. The van der Waals surface area contributed by atoms with E-state index in [4.69, 9.17) is 22.4 Å². The minimum Gasteiger partial charge on any atom is -0.456 e. The van der Waals surface area contributed by atoms with E-state index in [0.29, 0.717) is 38.3 Å². The van der Waals surface area contributed by atoms with Gasteiger partial charge in [-0.1, -0.05) is 13.8 Å².